The van der Waals surface area contributed by atoms with Gasteiger partial charge in [-0.25, -0.2) is 0 Å². The smallest absolute Gasteiger partial charge is 0.128 e. The Labute approximate surface area is 114 Å². The molecule has 0 amide bonds. The maximum Gasteiger partial charge on any atom is 0.128 e. The lowest BCUT2D eigenvalue weighted by Crippen LogP contribution is -3.00. The summed E-state index contributed by atoms with van der Waals surface area (Å²) in [5.74, 6) is 1.01. The number of benzene rings is 2. The molecular formula is C15H18ClNO. The number of rotatable bonds is 4. The Kier molecular flexibility index (Phi) is 4.10. The Morgan fingerprint density at radius 1 is 1.17 bits per heavy atom. The van der Waals surface area contributed by atoms with Crippen LogP contribution < -0.4 is 22.5 Å². The third-order valence-electron chi connectivity index (χ3n) is 3.49. The highest BCUT2D eigenvalue weighted by Crippen LogP contribution is 2.27. The van der Waals surface area contributed by atoms with E-state index >= 15 is 0 Å². The number of nitrogens with two attached hydrogens (primary N) is 1. The molecule has 1 aliphatic carbocycles. The molecule has 0 unspecified atom stereocenters. The maximum atomic E-state index is 5.49. The second-order valence-corrected chi connectivity index (χ2v) is 4.74. The average Bonchev–Trinajstić information content (AvgIpc) is 3.19. The molecule has 3 heteroatoms. The van der Waals surface area contributed by atoms with Crippen LogP contribution in [0.3, 0.4) is 0 Å². The predicted molar refractivity (Wildman–Crippen MR) is 69.2 cm³/mol. The number of halogens is 1. The maximum absolute atomic E-state index is 5.49. The Bertz CT molecular complexity index is 537. The molecule has 0 saturated heterocycles. The van der Waals surface area contributed by atoms with Gasteiger partial charge >= 0.3 is 0 Å². The summed E-state index contributed by atoms with van der Waals surface area (Å²) in [6.07, 6.45) is 2.74. The highest BCUT2D eigenvalue weighted by molar-refractivity contribution is 5.87. The number of fused-ring (bicyclic) bond motifs is 1. The molecule has 0 bridgehead atoms. The predicted octanol–water partition coefficient (Wildman–Crippen LogP) is -0.922. The first-order valence-corrected chi connectivity index (χ1v) is 6.26. The summed E-state index contributed by atoms with van der Waals surface area (Å²) in [4.78, 5) is 0. The van der Waals surface area contributed by atoms with E-state index in [1.165, 1.54) is 29.2 Å². The number of hydrogen-bond donors (Lipinski definition) is 1. The van der Waals surface area contributed by atoms with E-state index in [9.17, 15) is 0 Å². The lowest BCUT2D eigenvalue weighted by molar-refractivity contribution is -0.683. The van der Waals surface area contributed by atoms with Crippen LogP contribution in [0, 0.1) is 0 Å². The molecule has 0 atom stereocenters. The van der Waals surface area contributed by atoms with E-state index in [0.29, 0.717) is 0 Å². The summed E-state index contributed by atoms with van der Waals surface area (Å²) < 4.78 is 5.49. The second-order valence-electron chi connectivity index (χ2n) is 4.74. The summed E-state index contributed by atoms with van der Waals surface area (Å²) in [6.45, 7) is 1.02. The van der Waals surface area contributed by atoms with Crippen LogP contribution in [0.4, 0.5) is 0 Å². The van der Waals surface area contributed by atoms with Crippen molar-refractivity contribution in [1.82, 2.24) is 0 Å². The second kappa shape index (κ2) is 5.59. The van der Waals surface area contributed by atoms with E-state index in [2.05, 4.69) is 41.7 Å². The van der Waals surface area contributed by atoms with E-state index in [1.54, 1.807) is 7.11 Å². The molecule has 0 aliphatic heterocycles. The average molecular weight is 264 g/mol. The van der Waals surface area contributed by atoms with Gasteiger partial charge in [0.25, 0.3) is 0 Å². The quantitative estimate of drug-likeness (QED) is 0.759. The van der Waals surface area contributed by atoms with Crippen LogP contribution >= 0.6 is 0 Å². The van der Waals surface area contributed by atoms with Crippen molar-refractivity contribution < 1.29 is 22.5 Å². The molecule has 2 aromatic carbocycles. The minimum absolute atomic E-state index is 0. The van der Waals surface area contributed by atoms with Gasteiger partial charge in [0, 0.05) is 12.8 Å². The van der Waals surface area contributed by atoms with Crippen molar-refractivity contribution in [2.24, 2.45) is 0 Å². The Hall–Kier alpha value is -1.25. The fourth-order valence-corrected chi connectivity index (χ4v) is 2.33. The lowest BCUT2D eigenvalue weighted by Gasteiger charge is -2.11. The highest BCUT2D eigenvalue weighted by atomic mass is 35.5. The Morgan fingerprint density at radius 2 is 1.94 bits per heavy atom. The van der Waals surface area contributed by atoms with E-state index in [4.69, 9.17) is 4.74 Å². The molecular weight excluding hydrogens is 246 g/mol. The van der Waals surface area contributed by atoms with Crippen molar-refractivity contribution in [3.63, 3.8) is 0 Å². The topological polar surface area (TPSA) is 25.8 Å². The largest absolute Gasteiger partial charge is 1.00 e. The summed E-state index contributed by atoms with van der Waals surface area (Å²) in [7, 11) is 1.75. The summed E-state index contributed by atoms with van der Waals surface area (Å²) in [6, 6.07) is 13.6. The molecule has 2 nitrogen and oxygen atoms in total. The summed E-state index contributed by atoms with van der Waals surface area (Å²) in [5.41, 5.74) is 1.33. The van der Waals surface area contributed by atoms with Crippen molar-refractivity contribution in [3.05, 3.63) is 42.0 Å². The van der Waals surface area contributed by atoms with Crippen LogP contribution in [0.1, 0.15) is 18.4 Å². The van der Waals surface area contributed by atoms with Crippen molar-refractivity contribution >= 4 is 10.8 Å². The van der Waals surface area contributed by atoms with Gasteiger partial charge in [-0.15, -0.1) is 0 Å². The molecule has 0 aromatic heterocycles. The van der Waals surface area contributed by atoms with Crippen LogP contribution in [0.15, 0.2) is 36.4 Å². The highest BCUT2D eigenvalue weighted by Gasteiger charge is 2.25. The van der Waals surface area contributed by atoms with Gasteiger partial charge in [0.2, 0.25) is 0 Å². The molecule has 2 aromatic rings. The van der Waals surface area contributed by atoms with Crippen LogP contribution in [0.25, 0.3) is 10.8 Å². The van der Waals surface area contributed by atoms with Gasteiger partial charge in [-0.1, -0.05) is 30.3 Å². The van der Waals surface area contributed by atoms with Gasteiger partial charge in [-0.05, 0) is 16.8 Å². The first-order valence-electron chi connectivity index (χ1n) is 6.26. The number of ether oxygens (including phenoxy) is 1. The van der Waals surface area contributed by atoms with E-state index in [0.717, 1.165) is 18.3 Å². The number of quaternary nitrogens is 1. The number of methoxy groups -OCH3 is 1. The summed E-state index contributed by atoms with van der Waals surface area (Å²) >= 11 is 0. The molecule has 96 valence electrons. The SMILES string of the molecule is COc1ccc2ccccc2c1C[NH2+]C1CC1.[Cl-]. The standard InChI is InChI=1S/C15H17NO.ClH/c1-17-15-9-6-11-4-2-3-5-13(11)14(15)10-16-12-7-8-12;/h2-6,9,12,16H,7-8,10H2,1H3;1H. The third kappa shape index (κ3) is 2.60. The van der Waals surface area contributed by atoms with Gasteiger partial charge < -0.3 is 22.5 Å². The Morgan fingerprint density at radius 3 is 2.67 bits per heavy atom. The molecule has 18 heavy (non-hydrogen) atoms. The van der Waals surface area contributed by atoms with Crippen molar-refractivity contribution in [1.29, 1.82) is 0 Å². The van der Waals surface area contributed by atoms with Crippen molar-refractivity contribution in [2.75, 3.05) is 7.11 Å². The first-order chi connectivity index (χ1) is 8.38. The van der Waals surface area contributed by atoms with Crippen LogP contribution in [-0.4, -0.2) is 13.2 Å². The molecule has 2 N–H and O–H groups in total. The van der Waals surface area contributed by atoms with Crippen LogP contribution in [0.2, 0.25) is 0 Å². The third-order valence-corrected chi connectivity index (χ3v) is 3.49. The first kappa shape index (κ1) is 13.2. The lowest BCUT2D eigenvalue weighted by atomic mass is 10.0. The van der Waals surface area contributed by atoms with Gasteiger partial charge in [-0.3, -0.25) is 0 Å². The number of hydrogen-bond acceptors (Lipinski definition) is 1. The van der Waals surface area contributed by atoms with Crippen molar-refractivity contribution in [2.45, 2.75) is 25.4 Å². The molecule has 1 saturated carbocycles. The zero-order valence-corrected chi connectivity index (χ0v) is 11.3. The molecule has 3 rings (SSSR count). The van der Waals surface area contributed by atoms with Gasteiger partial charge in [0.15, 0.2) is 0 Å². The van der Waals surface area contributed by atoms with Crippen LogP contribution in [-0.2, 0) is 6.54 Å². The molecule has 0 heterocycles. The van der Waals surface area contributed by atoms with Crippen LogP contribution in [0.5, 0.6) is 5.75 Å². The van der Waals surface area contributed by atoms with E-state index in [-0.39, 0.29) is 12.4 Å². The molecule has 0 spiro atoms. The minimum atomic E-state index is 0. The Balaban J connectivity index is 0.00000120. The molecule has 1 aliphatic rings. The molecule has 0 radical (unpaired) electrons. The summed E-state index contributed by atoms with van der Waals surface area (Å²) in [5, 5.41) is 5.06. The van der Waals surface area contributed by atoms with Gasteiger partial charge in [-0.2, -0.15) is 0 Å². The van der Waals surface area contributed by atoms with Gasteiger partial charge in [0.1, 0.15) is 12.3 Å². The zero-order valence-electron chi connectivity index (χ0n) is 10.5. The zero-order chi connectivity index (χ0) is 11.7. The van der Waals surface area contributed by atoms with E-state index in [1.807, 2.05) is 0 Å². The fraction of sp³-hybridized carbons (Fsp3) is 0.333. The van der Waals surface area contributed by atoms with E-state index < -0.39 is 0 Å². The minimum Gasteiger partial charge on any atom is -1.00 e. The normalized spacial score (nSPS) is 14.3. The molecule has 1 fully saturated rings. The monoisotopic (exact) mass is 263 g/mol. The fourth-order valence-electron chi connectivity index (χ4n) is 2.33. The van der Waals surface area contributed by atoms with Crippen molar-refractivity contribution in [3.8, 4) is 5.75 Å². The van der Waals surface area contributed by atoms with Gasteiger partial charge in [0.05, 0.1) is 18.7 Å².